The molecule has 0 spiro atoms. The molecule has 0 aliphatic rings. The molecule has 0 heterocycles. The van der Waals surface area contributed by atoms with E-state index in [2.05, 4.69) is 52.6 Å². The van der Waals surface area contributed by atoms with Gasteiger partial charge in [0.1, 0.15) is 0 Å². The van der Waals surface area contributed by atoms with Gasteiger partial charge in [-0.25, -0.2) is 0 Å². The van der Waals surface area contributed by atoms with Gasteiger partial charge in [0.2, 0.25) is 0 Å². The van der Waals surface area contributed by atoms with Crippen molar-refractivity contribution in [1.82, 2.24) is 5.32 Å². The summed E-state index contributed by atoms with van der Waals surface area (Å²) in [4.78, 5) is 1.38. The quantitative estimate of drug-likeness (QED) is 0.602. The monoisotopic (exact) mass is 319 g/mol. The van der Waals surface area contributed by atoms with E-state index in [9.17, 15) is 0 Å². The second kappa shape index (κ2) is 8.45. The summed E-state index contributed by atoms with van der Waals surface area (Å²) in [5, 5.41) is 3.47. The Kier molecular flexibility index (Phi) is 7.62. The van der Waals surface area contributed by atoms with E-state index >= 15 is 0 Å². The molecule has 0 unspecified atom stereocenters. The molecule has 90 valence electrons. The molecule has 0 radical (unpaired) electrons. The van der Waals surface area contributed by atoms with E-state index in [1.54, 1.807) is 0 Å². The second-order valence-corrected chi connectivity index (χ2v) is 6.56. The third-order valence-corrected chi connectivity index (χ3v) is 4.21. The predicted molar refractivity (Wildman–Crippen MR) is 80.6 cm³/mol. The zero-order chi connectivity index (χ0) is 11.8. The maximum atomic E-state index is 3.52. The first kappa shape index (κ1) is 14.4. The zero-order valence-corrected chi connectivity index (χ0v) is 13.0. The van der Waals surface area contributed by atoms with Gasteiger partial charge in [-0.05, 0) is 29.7 Å². The number of nitrogens with one attached hydrogen (secondary N) is 1. The topological polar surface area (TPSA) is 12.0 Å². The summed E-state index contributed by atoms with van der Waals surface area (Å²) < 4.78 is 1.16. The third-order valence-electron chi connectivity index (χ3n) is 2.13. The Morgan fingerprint density at radius 2 is 2.19 bits per heavy atom. The largest absolute Gasteiger partial charge is 0.312 e. The molecule has 1 nitrogen and oxygen atoms in total. The summed E-state index contributed by atoms with van der Waals surface area (Å²) in [5.41, 5.74) is 1.40. The predicted octanol–water partition coefficient (Wildman–Crippen LogP) is 4.01. The Hall–Kier alpha value is 0.360. The van der Waals surface area contributed by atoms with Gasteiger partial charge in [0, 0.05) is 28.2 Å². The van der Waals surface area contributed by atoms with Crippen LogP contribution < -0.4 is 5.32 Å². The van der Waals surface area contributed by atoms with Gasteiger partial charge in [-0.15, -0.1) is 11.8 Å². The van der Waals surface area contributed by atoms with E-state index in [4.69, 9.17) is 0 Å². The molecule has 0 bridgehead atoms. The Balaban J connectivity index is 2.56. The van der Waals surface area contributed by atoms with Crippen molar-refractivity contribution in [1.29, 1.82) is 0 Å². The lowest BCUT2D eigenvalue weighted by atomic mass is 10.2. The number of benzene rings is 1. The van der Waals surface area contributed by atoms with Crippen LogP contribution in [-0.2, 0) is 6.54 Å². The molecular formula is C12H18BrNS2. The van der Waals surface area contributed by atoms with Gasteiger partial charge in [0.05, 0.1) is 0 Å². The lowest BCUT2D eigenvalue weighted by Gasteiger charge is -2.10. The van der Waals surface area contributed by atoms with Crippen LogP contribution in [-0.4, -0.2) is 24.3 Å². The van der Waals surface area contributed by atoms with Crippen molar-refractivity contribution >= 4 is 39.5 Å². The minimum absolute atomic E-state index is 0.968. The highest BCUT2D eigenvalue weighted by atomic mass is 79.9. The van der Waals surface area contributed by atoms with Gasteiger partial charge in [-0.2, -0.15) is 11.8 Å². The number of hydrogen-bond acceptors (Lipinski definition) is 3. The highest BCUT2D eigenvalue weighted by Crippen LogP contribution is 2.26. The van der Waals surface area contributed by atoms with Crippen molar-refractivity contribution in [3.8, 4) is 0 Å². The Morgan fingerprint density at radius 1 is 1.38 bits per heavy atom. The van der Waals surface area contributed by atoms with Gasteiger partial charge in [0.15, 0.2) is 0 Å². The molecule has 0 fully saturated rings. The highest BCUT2D eigenvalue weighted by Gasteiger charge is 2.02. The van der Waals surface area contributed by atoms with Crippen LogP contribution in [0, 0.1) is 0 Å². The highest BCUT2D eigenvalue weighted by molar-refractivity contribution is 9.10. The van der Waals surface area contributed by atoms with Crippen LogP contribution in [0.3, 0.4) is 0 Å². The minimum Gasteiger partial charge on any atom is -0.312 e. The van der Waals surface area contributed by atoms with Crippen LogP contribution >= 0.6 is 39.5 Å². The van der Waals surface area contributed by atoms with Crippen LogP contribution in [0.4, 0.5) is 0 Å². The fourth-order valence-electron chi connectivity index (χ4n) is 1.36. The molecule has 16 heavy (non-hydrogen) atoms. The van der Waals surface area contributed by atoms with Crippen molar-refractivity contribution in [2.45, 2.75) is 18.4 Å². The maximum Gasteiger partial charge on any atom is 0.0216 e. The van der Waals surface area contributed by atoms with E-state index < -0.39 is 0 Å². The van der Waals surface area contributed by atoms with Crippen molar-refractivity contribution in [2.75, 3.05) is 24.3 Å². The molecule has 1 rings (SSSR count). The van der Waals surface area contributed by atoms with Crippen LogP contribution in [0.25, 0.3) is 0 Å². The Bertz CT molecular complexity index is 318. The van der Waals surface area contributed by atoms with Crippen LogP contribution in [0.15, 0.2) is 27.6 Å². The van der Waals surface area contributed by atoms with E-state index in [1.165, 1.54) is 16.2 Å². The first-order valence-electron chi connectivity index (χ1n) is 5.38. The van der Waals surface area contributed by atoms with Crippen LogP contribution in [0.5, 0.6) is 0 Å². The molecule has 0 aromatic heterocycles. The fraction of sp³-hybridized carbons (Fsp3) is 0.500. The molecule has 1 N–H and O–H groups in total. The van der Waals surface area contributed by atoms with E-state index in [-0.39, 0.29) is 0 Å². The van der Waals surface area contributed by atoms with Crippen molar-refractivity contribution in [3.05, 3.63) is 28.2 Å². The average molecular weight is 320 g/mol. The summed E-state index contributed by atoms with van der Waals surface area (Å²) >= 11 is 7.31. The number of hydrogen-bond donors (Lipinski definition) is 1. The minimum atomic E-state index is 0.968. The van der Waals surface area contributed by atoms with Crippen molar-refractivity contribution in [3.63, 3.8) is 0 Å². The molecule has 1 aromatic rings. The molecule has 0 aliphatic carbocycles. The lowest BCUT2D eigenvalue weighted by Crippen LogP contribution is -2.16. The summed E-state index contributed by atoms with van der Waals surface area (Å²) in [5.74, 6) is 2.29. The fourth-order valence-corrected chi connectivity index (χ4v) is 3.07. The van der Waals surface area contributed by atoms with E-state index in [0.717, 1.165) is 23.3 Å². The summed E-state index contributed by atoms with van der Waals surface area (Å²) in [6, 6.07) is 6.53. The van der Waals surface area contributed by atoms with Crippen molar-refractivity contribution in [2.24, 2.45) is 0 Å². The molecule has 0 amide bonds. The molecular weight excluding hydrogens is 302 g/mol. The molecule has 0 atom stereocenters. The van der Waals surface area contributed by atoms with Gasteiger partial charge < -0.3 is 5.32 Å². The van der Waals surface area contributed by atoms with Crippen LogP contribution in [0.2, 0.25) is 0 Å². The number of halogens is 1. The normalized spacial score (nSPS) is 10.7. The summed E-state index contributed by atoms with van der Waals surface area (Å²) in [6.07, 6.45) is 2.14. The Morgan fingerprint density at radius 3 is 2.88 bits per heavy atom. The second-order valence-electron chi connectivity index (χ2n) is 3.35. The van der Waals surface area contributed by atoms with Gasteiger partial charge >= 0.3 is 0 Å². The van der Waals surface area contributed by atoms with Crippen molar-refractivity contribution < 1.29 is 0 Å². The summed E-state index contributed by atoms with van der Waals surface area (Å²) in [7, 11) is 0. The molecule has 4 heteroatoms. The van der Waals surface area contributed by atoms with Gasteiger partial charge in [0.25, 0.3) is 0 Å². The number of rotatable bonds is 7. The smallest absolute Gasteiger partial charge is 0.0216 e. The van der Waals surface area contributed by atoms with Gasteiger partial charge in [-0.1, -0.05) is 28.9 Å². The van der Waals surface area contributed by atoms with Crippen LogP contribution in [0.1, 0.15) is 12.5 Å². The maximum absolute atomic E-state index is 3.52. The van der Waals surface area contributed by atoms with E-state index in [1.807, 2.05) is 23.5 Å². The molecule has 1 aromatic carbocycles. The summed E-state index contributed by atoms with van der Waals surface area (Å²) in [6.45, 7) is 4.24. The first-order chi connectivity index (χ1) is 7.77. The third kappa shape index (κ3) is 5.13. The number of thioether (sulfide) groups is 2. The first-order valence-corrected chi connectivity index (χ1v) is 8.56. The Labute approximate surface area is 115 Å². The van der Waals surface area contributed by atoms with E-state index in [0.29, 0.717) is 0 Å². The standard InChI is InChI=1S/C12H18BrNS2/c1-3-16-12-8-11(13)5-4-10(12)9-14-6-7-15-2/h4-5,8,14H,3,6-7,9H2,1-2H3. The molecule has 0 aliphatic heterocycles. The lowest BCUT2D eigenvalue weighted by molar-refractivity contribution is 0.723. The zero-order valence-electron chi connectivity index (χ0n) is 9.75. The average Bonchev–Trinajstić information content (AvgIpc) is 2.27. The molecule has 0 saturated carbocycles. The SMILES string of the molecule is CCSc1cc(Br)ccc1CNCCSC. The molecule has 0 saturated heterocycles. The van der Waals surface area contributed by atoms with Gasteiger partial charge in [-0.3, -0.25) is 0 Å².